The van der Waals surface area contributed by atoms with Crippen LogP contribution in [0.2, 0.25) is 0 Å². The molecular weight excluding hydrogens is 360 g/mol. The molecular formula is C19H22N6O3. The Morgan fingerprint density at radius 1 is 1.32 bits per heavy atom. The van der Waals surface area contributed by atoms with Crippen molar-refractivity contribution < 1.29 is 14.4 Å². The number of hydrogen-bond acceptors (Lipinski definition) is 6. The van der Waals surface area contributed by atoms with Gasteiger partial charge >= 0.3 is 0 Å². The highest BCUT2D eigenvalue weighted by molar-refractivity contribution is 6.05. The number of nitrogens with two attached hydrogens (primary N) is 1. The first kappa shape index (κ1) is 18.2. The van der Waals surface area contributed by atoms with E-state index in [2.05, 4.69) is 15.7 Å². The molecule has 28 heavy (non-hydrogen) atoms. The number of piperidine rings is 1. The Morgan fingerprint density at radius 3 is 2.89 bits per heavy atom. The minimum absolute atomic E-state index is 0.174. The summed E-state index contributed by atoms with van der Waals surface area (Å²) < 4.78 is 1.70. The number of benzene rings is 1. The Bertz CT molecular complexity index is 967. The van der Waals surface area contributed by atoms with Crippen LogP contribution in [0.15, 0.2) is 24.4 Å². The predicted molar refractivity (Wildman–Crippen MR) is 101 cm³/mol. The molecule has 1 saturated heterocycles. The quantitative estimate of drug-likeness (QED) is 0.637. The summed E-state index contributed by atoms with van der Waals surface area (Å²) in [5.74, 6) is -0.136. The molecule has 3 heterocycles. The number of carbonyl (C=O) groups excluding carboxylic acids is 3. The Balaban J connectivity index is 1.48. The minimum atomic E-state index is -0.597. The van der Waals surface area contributed by atoms with Gasteiger partial charge in [-0.2, -0.15) is 5.10 Å². The summed E-state index contributed by atoms with van der Waals surface area (Å²) in [6, 6.07) is 5.12. The topological polar surface area (TPSA) is 122 Å². The lowest BCUT2D eigenvalue weighted by molar-refractivity contribution is -0.136. The predicted octanol–water partition coefficient (Wildman–Crippen LogP) is 0.252. The molecule has 4 rings (SSSR count). The van der Waals surface area contributed by atoms with Crippen LogP contribution >= 0.6 is 0 Å². The number of nitrogens with zero attached hydrogens (tertiary/aromatic N) is 3. The average molecular weight is 382 g/mol. The number of fused-ring (bicyclic) bond motifs is 1. The van der Waals surface area contributed by atoms with E-state index in [1.165, 1.54) is 0 Å². The highest BCUT2D eigenvalue weighted by Gasteiger charge is 2.39. The normalized spacial score (nSPS) is 19.0. The van der Waals surface area contributed by atoms with Gasteiger partial charge in [0.1, 0.15) is 6.04 Å². The van der Waals surface area contributed by atoms with E-state index < -0.39 is 11.9 Å². The standard InChI is InChI=1S/C19H22N6O3/c1-24-9-13(7-20)17(23-24)21-8-11-2-3-12-10-25(19(28)14(12)6-11)15-4-5-16(26)22-18(15)27/h2-3,6,9,15H,4-5,7-8,10,20H2,1H3,(H,21,23)(H,22,26,27). The zero-order chi connectivity index (χ0) is 19.8. The number of imide groups is 1. The molecule has 9 nitrogen and oxygen atoms in total. The number of rotatable bonds is 5. The molecule has 0 radical (unpaired) electrons. The first-order chi connectivity index (χ1) is 13.5. The fourth-order valence-corrected chi connectivity index (χ4v) is 3.73. The maximum atomic E-state index is 12.9. The Hall–Kier alpha value is -3.20. The van der Waals surface area contributed by atoms with E-state index in [1.54, 1.807) is 9.58 Å². The lowest BCUT2D eigenvalue weighted by Gasteiger charge is -2.29. The SMILES string of the molecule is Cn1cc(CN)c(NCc2ccc3c(c2)C(=O)N(C2CCC(=O)NC2=O)C3)n1. The van der Waals surface area contributed by atoms with E-state index >= 15 is 0 Å². The van der Waals surface area contributed by atoms with Crippen molar-refractivity contribution >= 4 is 23.5 Å². The summed E-state index contributed by atoms with van der Waals surface area (Å²) in [6.07, 6.45) is 2.48. The van der Waals surface area contributed by atoms with E-state index in [1.807, 2.05) is 31.4 Å². The van der Waals surface area contributed by atoms with Crippen molar-refractivity contribution in [1.29, 1.82) is 0 Å². The molecule has 0 spiro atoms. The number of nitrogens with one attached hydrogen (secondary N) is 2. The van der Waals surface area contributed by atoms with Crippen molar-refractivity contribution in [2.45, 2.75) is 38.5 Å². The van der Waals surface area contributed by atoms with E-state index in [0.717, 1.165) is 22.5 Å². The third kappa shape index (κ3) is 3.24. The van der Waals surface area contributed by atoms with Gasteiger partial charge in [-0.05, 0) is 23.6 Å². The van der Waals surface area contributed by atoms with Crippen molar-refractivity contribution in [2.24, 2.45) is 12.8 Å². The molecule has 1 unspecified atom stereocenters. The van der Waals surface area contributed by atoms with Crippen LogP contribution in [0.3, 0.4) is 0 Å². The van der Waals surface area contributed by atoms with Crippen molar-refractivity contribution in [1.82, 2.24) is 20.0 Å². The Kier molecular flexibility index (Phi) is 4.60. The second-order valence-corrected chi connectivity index (χ2v) is 7.13. The van der Waals surface area contributed by atoms with Crippen LogP contribution < -0.4 is 16.4 Å². The molecule has 1 fully saturated rings. The molecule has 0 bridgehead atoms. The van der Waals surface area contributed by atoms with E-state index in [4.69, 9.17) is 5.73 Å². The van der Waals surface area contributed by atoms with Crippen molar-refractivity contribution in [3.8, 4) is 0 Å². The highest BCUT2D eigenvalue weighted by atomic mass is 16.2. The van der Waals surface area contributed by atoms with E-state index in [-0.39, 0.29) is 18.2 Å². The van der Waals surface area contributed by atoms with Crippen molar-refractivity contribution in [3.05, 3.63) is 46.6 Å². The molecule has 2 aromatic rings. The molecule has 2 aliphatic heterocycles. The lowest BCUT2D eigenvalue weighted by atomic mass is 10.0. The first-order valence-electron chi connectivity index (χ1n) is 9.19. The third-order valence-electron chi connectivity index (χ3n) is 5.18. The Morgan fingerprint density at radius 2 is 2.14 bits per heavy atom. The van der Waals surface area contributed by atoms with Crippen LogP contribution in [-0.2, 0) is 36.3 Å². The van der Waals surface area contributed by atoms with Gasteiger partial charge < -0.3 is 16.0 Å². The van der Waals surface area contributed by atoms with Crippen LogP contribution in [0.1, 0.15) is 39.9 Å². The molecule has 0 aliphatic carbocycles. The molecule has 146 valence electrons. The van der Waals surface area contributed by atoms with Crippen LogP contribution in [0.4, 0.5) is 5.82 Å². The minimum Gasteiger partial charge on any atom is -0.364 e. The van der Waals surface area contributed by atoms with Gasteiger partial charge in [0.2, 0.25) is 11.8 Å². The number of carbonyl (C=O) groups is 3. The van der Waals surface area contributed by atoms with Crippen LogP contribution in [0.5, 0.6) is 0 Å². The van der Waals surface area contributed by atoms with Crippen molar-refractivity contribution in [3.63, 3.8) is 0 Å². The number of aromatic nitrogens is 2. The maximum absolute atomic E-state index is 12.9. The van der Waals surface area contributed by atoms with Crippen LogP contribution in [0.25, 0.3) is 0 Å². The third-order valence-corrected chi connectivity index (χ3v) is 5.18. The van der Waals surface area contributed by atoms with Gasteiger partial charge in [-0.25, -0.2) is 0 Å². The number of anilines is 1. The highest BCUT2D eigenvalue weighted by Crippen LogP contribution is 2.28. The molecule has 1 aromatic carbocycles. The van der Waals surface area contributed by atoms with Gasteiger partial charge in [0.25, 0.3) is 5.91 Å². The number of hydrogen-bond donors (Lipinski definition) is 3. The van der Waals surface area contributed by atoms with Gasteiger partial charge in [0.15, 0.2) is 5.82 Å². The largest absolute Gasteiger partial charge is 0.364 e. The molecule has 1 atom stereocenters. The molecule has 0 saturated carbocycles. The second kappa shape index (κ2) is 7.08. The Labute approximate surface area is 161 Å². The number of amides is 3. The van der Waals surface area contributed by atoms with Crippen LogP contribution in [0, 0.1) is 0 Å². The van der Waals surface area contributed by atoms with Crippen LogP contribution in [-0.4, -0.2) is 38.4 Å². The lowest BCUT2D eigenvalue weighted by Crippen LogP contribution is -2.52. The molecule has 4 N–H and O–H groups in total. The van der Waals surface area contributed by atoms with Gasteiger partial charge in [-0.1, -0.05) is 12.1 Å². The average Bonchev–Trinajstić information content (AvgIpc) is 3.19. The van der Waals surface area contributed by atoms with Gasteiger partial charge in [-0.3, -0.25) is 24.4 Å². The first-order valence-corrected chi connectivity index (χ1v) is 9.19. The molecule has 3 amide bonds. The maximum Gasteiger partial charge on any atom is 0.255 e. The summed E-state index contributed by atoms with van der Waals surface area (Å²) in [5.41, 5.74) is 9.08. The smallest absolute Gasteiger partial charge is 0.255 e. The van der Waals surface area contributed by atoms with E-state index in [0.29, 0.717) is 31.6 Å². The molecule has 9 heteroatoms. The summed E-state index contributed by atoms with van der Waals surface area (Å²) in [6.45, 7) is 1.27. The number of aryl methyl sites for hydroxylation is 1. The van der Waals surface area contributed by atoms with E-state index in [9.17, 15) is 14.4 Å². The monoisotopic (exact) mass is 382 g/mol. The summed E-state index contributed by atoms with van der Waals surface area (Å²) in [4.78, 5) is 37.9. The van der Waals surface area contributed by atoms with Gasteiger partial charge in [0.05, 0.1) is 0 Å². The molecule has 1 aromatic heterocycles. The fourth-order valence-electron chi connectivity index (χ4n) is 3.73. The summed E-state index contributed by atoms with van der Waals surface area (Å²) >= 11 is 0. The zero-order valence-corrected chi connectivity index (χ0v) is 15.6. The molecule has 2 aliphatic rings. The summed E-state index contributed by atoms with van der Waals surface area (Å²) in [5, 5.41) is 9.92. The fraction of sp³-hybridized carbons (Fsp3) is 0.368. The zero-order valence-electron chi connectivity index (χ0n) is 15.6. The van der Waals surface area contributed by atoms with Crippen molar-refractivity contribution in [2.75, 3.05) is 5.32 Å². The summed E-state index contributed by atoms with van der Waals surface area (Å²) in [7, 11) is 1.84. The van der Waals surface area contributed by atoms with Gasteiger partial charge in [-0.15, -0.1) is 0 Å². The van der Waals surface area contributed by atoms with Gasteiger partial charge in [0, 0.05) is 50.4 Å². The second-order valence-electron chi connectivity index (χ2n) is 7.13.